The minimum Gasteiger partial charge on any atom is -0.444 e. The van der Waals surface area contributed by atoms with Crippen molar-refractivity contribution >= 4 is 5.82 Å². The Morgan fingerprint density at radius 2 is 2.20 bits per heavy atom. The molecular formula is C11H13N3O. The molecule has 2 heterocycles. The maximum atomic E-state index is 5.42. The van der Waals surface area contributed by atoms with E-state index in [1.807, 2.05) is 32.0 Å². The largest absolute Gasteiger partial charge is 0.444 e. The van der Waals surface area contributed by atoms with E-state index in [-0.39, 0.29) is 6.04 Å². The average molecular weight is 203 g/mol. The van der Waals surface area contributed by atoms with Gasteiger partial charge in [0.1, 0.15) is 17.6 Å². The van der Waals surface area contributed by atoms with E-state index in [1.165, 1.54) is 0 Å². The van der Waals surface area contributed by atoms with Crippen LogP contribution in [0.3, 0.4) is 0 Å². The first-order chi connectivity index (χ1) is 7.25. The fraction of sp³-hybridized carbons (Fsp3) is 0.273. The average Bonchev–Trinajstić information content (AvgIpc) is 2.66. The smallest absolute Gasteiger partial charge is 0.216 e. The van der Waals surface area contributed by atoms with Crippen molar-refractivity contribution in [3.8, 4) is 0 Å². The highest BCUT2D eigenvalue weighted by Crippen LogP contribution is 2.16. The van der Waals surface area contributed by atoms with E-state index >= 15 is 0 Å². The zero-order valence-electron chi connectivity index (χ0n) is 8.77. The molecule has 1 unspecified atom stereocenters. The van der Waals surface area contributed by atoms with Crippen LogP contribution in [0.5, 0.6) is 0 Å². The number of rotatable bonds is 3. The van der Waals surface area contributed by atoms with E-state index in [0.29, 0.717) is 5.89 Å². The van der Waals surface area contributed by atoms with Crippen LogP contribution in [0.25, 0.3) is 0 Å². The first-order valence-electron chi connectivity index (χ1n) is 4.85. The first kappa shape index (κ1) is 9.71. The third kappa shape index (κ3) is 2.34. The van der Waals surface area contributed by atoms with Crippen LogP contribution < -0.4 is 5.32 Å². The predicted molar refractivity (Wildman–Crippen MR) is 57.5 cm³/mol. The number of nitrogens with zero attached hydrogens (tertiary/aromatic N) is 2. The molecule has 0 amide bonds. The summed E-state index contributed by atoms with van der Waals surface area (Å²) in [5.41, 5.74) is 0. The first-order valence-corrected chi connectivity index (χ1v) is 4.85. The normalized spacial score (nSPS) is 12.4. The lowest BCUT2D eigenvalue weighted by molar-refractivity contribution is 0.453. The van der Waals surface area contributed by atoms with Gasteiger partial charge >= 0.3 is 0 Å². The SMILES string of the molecule is Cc1cnc(C(C)Nc2ccccn2)o1. The molecule has 0 fully saturated rings. The molecule has 0 spiro atoms. The van der Waals surface area contributed by atoms with Crippen molar-refractivity contribution in [1.29, 1.82) is 0 Å². The molecule has 78 valence electrons. The Bertz CT molecular complexity index is 424. The molecule has 4 heteroatoms. The van der Waals surface area contributed by atoms with E-state index in [2.05, 4.69) is 15.3 Å². The summed E-state index contributed by atoms with van der Waals surface area (Å²) < 4.78 is 5.42. The standard InChI is InChI=1S/C11H13N3O/c1-8-7-13-11(15-8)9(2)14-10-5-3-4-6-12-10/h3-7,9H,1-2H3,(H,12,14). The molecule has 0 saturated carbocycles. The van der Waals surface area contributed by atoms with Gasteiger partial charge in [-0.1, -0.05) is 6.07 Å². The summed E-state index contributed by atoms with van der Waals surface area (Å²) >= 11 is 0. The number of anilines is 1. The fourth-order valence-corrected chi connectivity index (χ4v) is 1.30. The van der Waals surface area contributed by atoms with E-state index < -0.39 is 0 Å². The summed E-state index contributed by atoms with van der Waals surface area (Å²) in [6, 6.07) is 5.74. The minimum atomic E-state index is 0.0219. The molecule has 0 aromatic carbocycles. The van der Waals surface area contributed by atoms with Gasteiger partial charge in [0.15, 0.2) is 0 Å². The van der Waals surface area contributed by atoms with Crippen molar-refractivity contribution < 1.29 is 4.42 Å². The highest BCUT2D eigenvalue weighted by atomic mass is 16.4. The molecule has 0 bridgehead atoms. The van der Waals surface area contributed by atoms with Gasteiger partial charge in [-0.2, -0.15) is 0 Å². The molecule has 0 aliphatic rings. The highest BCUT2D eigenvalue weighted by molar-refractivity contribution is 5.34. The van der Waals surface area contributed by atoms with Crippen molar-refractivity contribution in [3.05, 3.63) is 42.2 Å². The lowest BCUT2D eigenvalue weighted by atomic mass is 10.3. The summed E-state index contributed by atoms with van der Waals surface area (Å²) in [4.78, 5) is 8.33. The van der Waals surface area contributed by atoms with Gasteiger partial charge < -0.3 is 9.73 Å². The molecule has 0 aliphatic heterocycles. The molecule has 0 saturated heterocycles. The number of oxazole rings is 1. The second-order valence-electron chi connectivity index (χ2n) is 3.39. The van der Waals surface area contributed by atoms with Crippen LogP contribution in [0.2, 0.25) is 0 Å². The molecule has 2 rings (SSSR count). The van der Waals surface area contributed by atoms with E-state index in [4.69, 9.17) is 4.42 Å². The van der Waals surface area contributed by atoms with Crippen LogP contribution in [-0.4, -0.2) is 9.97 Å². The Kier molecular flexibility index (Phi) is 2.67. The third-order valence-corrected chi connectivity index (χ3v) is 2.04. The van der Waals surface area contributed by atoms with Gasteiger partial charge in [-0.05, 0) is 26.0 Å². The summed E-state index contributed by atoms with van der Waals surface area (Å²) in [7, 11) is 0. The number of hydrogen-bond donors (Lipinski definition) is 1. The second kappa shape index (κ2) is 4.13. The Balaban J connectivity index is 2.07. The Hall–Kier alpha value is -1.84. The van der Waals surface area contributed by atoms with Crippen LogP contribution in [0.15, 0.2) is 35.0 Å². The molecule has 2 aromatic rings. The second-order valence-corrected chi connectivity index (χ2v) is 3.39. The predicted octanol–water partition coefficient (Wildman–Crippen LogP) is 2.55. The molecular weight excluding hydrogens is 190 g/mol. The Labute approximate surface area is 88.4 Å². The summed E-state index contributed by atoms with van der Waals surface area (Å²) in [6.45, 7) is 3.87. The van der Waals surface area contributed by atoms with Crippen LogP contribution in [0, 0.1) is 6.92 Å². The van der Waals surface area contributed by atoms with Gasteiger partial charge in [0.25, 0.3) is 0 Å². The van der Waals surface area contributed by atoms with Crippen LogP contribution >= 0.6 is 0 Å². The highest BCUT2D eigenvalue weighted by Gasteiger charge is 2.10. The van der Waals surface area contributed by atoms with Gasteiger partial charge in [-0.25, -0.2) is 9.97 Å². The van der Waals surface area contributed by atoms with Gasteiger partial charge in [0, 0.05) is 6.20 Å². The summed E-state index contributed by atoms with van der Waals surface area (Å²) in [5, 5.41) is 3.20. The Morgan fingerprint density at radius 1 is 1.33 bits per heavy atom. The number of nitrogens with one attached hydrogen (secondary N) is 1. The number of aryl methyl sites for hydroxylation is 1. The fourth-order valence-electron chi connectivity index (χ4n) is 1.30. The van der Waals surface area contributed by atoms with Crippen LogP contribution in [0.4, 0.5) is 5.82 Å². The maximum Gasteiger partial charge on any atom is 0.216 e. The quantitative estimate of drug-likeness (QED) is 0.832. The summed E-state index contributed by atoms with van der Waals surface area (Å²) in [5.74, 6) is 2.32. The molecule has 1 atom stereocenters. The molecule has 1 N–H and O–H groups in total. The number of aromatic nitrogens is 2. The van der Waals surface area contributed by atoms with Gasteiger partial charge in [-0.3, -0.25) is 0 Å². The van der Waals surface area contributed by atoms with E-state index in [0.717, 1.165) is 11.6 Å². The van der Waals surface area contributed by atoms with Crippen molar-refractivity contribution in [2.75, 3.05) is 5.32 Å². The van der Waals surface area contributed by atoms with Crippen LogP contribution in [0.1, 0.15) is 24.6 Å². The molecule has 15 heavy (non-hydrogen) atoms. The Morgan fingerprint density at radius 3 is 2.80 bits per heavy atom. The van der Waals surface area contributed by atoms with Gasteiger partial charge in [-0.15, -0.1) is 0 Å². The molecule has 0 aliphatic carbocycles. The molecule has 4 nitrogen and oxygen atoms in total. The van der Waals surface area contributed by atoms with E-state index in [1.54, 1.807) is 12.4 Å². The van der Waals surface area contributed by atoms with Gasteiger partial charge in [0.2, 0.25) is 5.89 Å². The van der Waals surface area contributed by atoms with E-state index in [9.17, 15) is 0 Å². The lowest BCUT2D eigenvalue weighted by Crippen LogP contribution is -2.07. The van der Waals surface area contributed by atoms with Crippen molar-refractivity contribution in [2.45, 2.75) is 19.9 Å². The third-order valence-electron chi connectivity index (χ3n) is 2.04. The minimum absolute atomic E-state index is 0.0219. The number of hydrogen-bond acceptors (Lipinski definition) is 4. The zero-order chi connectivity index (χ0) is 10.7. The zero-order valence-corrected chi connectivity index (χ0v) is 8.77. The number of pyridine rings is 1. The van der Waals surface area contributed by atoms with Crippen molar-refractivity contribution in [2.24, 2.45) is 0 Å². The monoisotopic (exact) mass is 203 g/mol. The van der Waals surface area contributed by atoms with Crippen molar-refractivity contribution in [3.63, 3.8) is 0 Å². The maximum absolute atomic E-state index is 5.42. The van der Waals surface area contributed by atoms with Crippen molar-refractivity contribution in [1.82, 2.24) is 9.97 Å². The topological polar surface area (TPSA) is 51.0 Å². The molecule has 0 radical (unpaired) electrons. The van der Waals surface area contributed by atoms with Crippen LogP contribution in [-0.2, 0) is 0 Å². The van der Waals surface area contributed by atoms with Gasteiger partial charge in [0.05, 0.1) is 6.20 Å². The summed E-state index contributed by atoms with van der Waals surface area (Å²) in [6.07, 6.45) is 3.46. The molecule has 2 aromatic heterocycles. The lowest BCUT2D eigenvalue weighted by Gasteiger charge is -2.10.